The molecule has 1 aromatic carbocycles. The molecule has 1 amide bonds. The summed E-state index contributed by atoms with van der Waals surface area (Å²) in [6, 6.07) is 3.12. The van der Waals surface area contributed by atoms with E-state index in [-0.39, 0.29) is 11.4 Å². The standard InChI is InChI=1S/C32H48N2O23/c1-10(39)33-17-20(42)18(40)13(6-35)51-29(17)57-28-19(41)14(7-36)52-32(25(28)47)56-27-16(9-38)54-31(24(46)22(27)44)55-26-15(8-37)53-30(23(45)21(26)43)50-12-4-2-11(3-5-12)34(48)49/h2-5,13-32,35-38,40-47H,6-9H2,1H3,(H,33,39). The second-order valence-corrected chi connectivity index (χ2v) is 13.7. The molecule has 4 fully saturated rings. The highest BCUT2D eigenvalue weighted by Gasteiger charge is 2.55. The minimum Gasteiger partial charge on any atom is -0.462 e. The summed E-state index contributed by atoms with van der Waals surface area (Å²) in [5, 5.41) is 140. The molecule has 20 unspecified atom stereocenters. The lowest BCUT2D eigenvalue weighted by molar-refractivity contribution is -0.385. The lowest BCUT2D eigenvalue weighted by Crippen LogP contribution is -2.69. The summed E-state index contributed by atoms with van der Waals surface area (Å²) >= 11 is 0. The van der Waals surface area contributed by atoms with Crippen LogP contribution in [0.15, 0.2) is 24.3 Å². The Morgan fingerprint density at radius 1 is 0.596 bits per heavy atom. The van der Waals surface area contributed by atoms with Crippen molar-refractivity contribution in [1.29, 1.82) is 0 Å². The van der Waals surface area contributed by atoms with Gasteiger partial charge in [-0.3, -0.25) is 14.9 Å². The second-order valence-electron chi connectivity index (χ2n) is 13.7. The molecule has 4 heterocycles. The fourth-order valence-corrected chi connectivity index (χ4v) is 6.81. The third kappa shape index (κ3) is 9.79. The monoisotopic (exact) mass is 828 g/mol. The topological polar surface area (TPSA) is 389 Å². The average molecular weight is 829 g/mol. The molecule has 0 aliphatic carbocycles. The fraction of sp³-hybridized carbons (Fsp3) is 0.781. The molecule has 5 rings (SSSR count). The van der Waals surface area contributed by atoms with Crippen LogP contribution in [0, 0.1) is 10.1 Å². The van der Waals surface area contributed by atoms with Crippen molar-refractivity contribution >= 4 is 11.6 Å². The highest BCUT2D eigenvalue weighted by atomic mass is 16.8. The van der Waals surface area contributed by atoms with Crippen LogP contribution in [0.1, 0.15) is 6.92 Å². The number of amides is 1. The number of aliphatic hydroxyl groups excluding tert-OH is 12. The molecule has 20 atom stereocenters. The zero-order chi connectivity index (χ0) is 41.9. The molecule has 0 saturated carbocycles. The number of nitrogens with one attached hydrogen (secondary N) is 1. The Hall–Kier alpha value is -2.87. The van der Waals surface area contributed by atoms with Crippen LogP contribution in [0.3, 0.4) is 0 Å². The molecule has 25 heteroatoms. The summed E-state index contributed by atoms with van der Waals surface area (Å²) in [7, 11) is 0. The van der Waals surface area contributed by atoms with Crippen molar-refractivity contribution in [2.24, 2.45) is 0 Å². The molecule has 0 radical (unpaired) electrons. The van der Waals surface area contributed by atoms with Gasteiger partial charge in [-0.05, 0) is 12.1 Å². The van der Waals surface area contributed by atoms with Crippen molar-refractivity contribution in [3.05, 3.63) is 34.4 Å². The summed E-state index contributed by atoms with van der Waals surface area (Å²) < 4.78 is 44.9. The molecule has 57 heavy (non-hydrogen) atoms. The number of carbonyl (C=O) groups excluding carboxylic acids is 1. The molecule has 0 aromatic heterocycles. The number of ether oxygens (including phenoxy) is 8. The van der Waals surface area contributed by atoms with E-state index in [0.717, 1.165) is 19.1 Å². The van der Waals surface area contributed by atoms with E-state index in [1.165, 1.54) is 12.1 Å². The van der Waals surface area contributed by atoms with Crippen molar-refractivity contribution in [3.63, 3.8) is 0 Å². The summed E-state index contributed by atoms with van der Waals surface area (Å²) in [4.78, 5) is 22.2. The highest BCUT2D eigenvalue weighted by molar-refractivity contribution is 5.73. The van der Waals surface area contributed by atoms with Gasteiger partial charge in [0.15, 0.2) is 18.9 Å². The van der Waals surface area contributed by atoms with Gasteiger partial charge in [0, 0.05) is 19.1 Å². The minimum absolute atomic E-state index is 0.00543. The van der Waals surface area contributed by atoms with E-state index in [9.17, 15) is 76.2 Å². The molecule has 4 saturated heterocycles. The van der Waals surface area contributed by atoms with Crippen LogP contribution in [0.2, 0.25) is 0 Å². The molecule has 4 aliphatic heterocycles. The number of carbonyl (C=O) groups is 1. The number of aliphatic hydroxyl groups is 12. The van der Waals surface area contributed by atoms with E-state index in [0.29, 0.717) is 0 Å². The van der Waals surface area contributed by atoms with Gasteiger partial charge >= 0.3 is 0 Å². The maximum Gasteiger partial charge on any atom is 0.269 e. The number of nitro groups is 1. The van der Waals surface area contributed by atoms with E-state index in [4.69, 9.17) is 37.9 Å². The van der Waals surface area contributed by atoms with Crippen LogP contribution in [-0.2, 0) is 38.0 Å². The fourth-order valence-electron chi connectivity index (χ4n) is 6.81. The van der Waals surface area contributed by atoms with Gasteiger partial charge < -0.3 is 104 Å². The summed E-state index contributed by atoms with van der Waals surface area (Å²) in [5.41, 5.74) is -0.255. The Morgan fingerprint density at radius 3 is 1.54 bits per heavy atom. The molecule has 13 N–H and O–H groups in total. The molecular formula is C32H48N2O23. The first kappa shape index (κ1) is 45.2. The van der Waals surface area contributed by atoms with Crippen molar-refractivity contribution in [1.82, 2.24) is 5.32 Å². The van der Waals surface area contributed by atoms with E-state index in [1.807, 2.05) is 0 Å². The number of nitrogens with zero attached hydrogens (tertiary/aromatic N) is 1. The Morgan fingerprint density at radius 2 is 1.04 bits per heavy atom. The van der Waals surface area contributed by atoms with Crippen LogP contribution < -0.4 is 10.1 Å². The summed E-state index contributed by atoms with van der Waals surface area (Å²) in [6.45, 7) is -2.47. The first-order valence-electron chi connectivity index (χ1n) is 17.7. The lowest BCUT2D eigenvalue weighted by atomic mass is 9.95. The van der Waals surface area contributed by atoms with E-state index < -0.39 is 160 Å². The number of rotatable bonds is 14. The molecule has 1 aromatic rings. The van der Waals surface area contributed by atoms with Gasteiger partial charge in [0.2, 0.25) is 12.2 Å². The number of nitro benzene ring substituents is 1. The predicted molar refractivity (Wildman–Crippen MR) is 177 cm³/mol. The maximum absolute atomic E-state index is 11.9. The van der Waals surface area contributed by atoms with Crippen LogP contribution in [0.5, 0.6) is 5.75 Å². The van der Waals surface area contributed by atoms with Crippen molar-refractivity contribution < 1.29 is 109 Å². The first-order valence-corrected chi connectivity index (χ1v) is 17.7. The van der Waals surface area contributed by atoms with Crippen LogP contribution in [-0.4, -0.2) is 221 Å². The molecule has 0 bridgehead atoms. The van der Waals surface area contributed by atoms with Gasteiger partial charge in [0.25, 0.3) is 5.69 Å². The predicted octanol–water partition coefficient (Wildman–Crippen LogP) is -7.61. The maximum atomic E-state index is 11.9. The SMILES string of the molecule is CC(=O)NC1C(OC2C(O)C(CO)OC(OC3C(CO)OC(OC4C(CO)OC(Oc5ccc([N+](=O)[O-])cc5)C(O)C4O)C(O)C3O)C2O)OC(CO)C(O)C1O. The van der Waals surface area contributed by atoms with E-state index >= 15 is 0 Å². The molecule has 324 valence electrons. The van der Waals surface area contributed by atoms with Gasteiger partial charge in [-0.15, -0.1) is 0 Å². The van der Waals surface area contributed by atoms with Gasteiger partial charge in [-0.1, -0.05) is 0 Å². The number of hydrogen-bond acceptors (Lipinski definition) is 23. The smallest absolute Gasteiger partial charge is 0.269 e. The molecule has 25 nitrogen and oxygen atoms in total. The van der Waals surface area contributed by atoms with Crippen LogP contribution in [0.4, 0.5) is 5.69 Å². The Labute approximate surface area is 322 Å². The Bertz CT molecular complexity index is 1460. The largest absolute Gasteiger partial charge is 0.462 e. The van der Waals surface area contributed by atoms with Crippen LogP contribution >= 0.6 is 0 Å². The van der Waals surface area contributed by atoms with E-state index in [1.54, 1.807) is 0 Å². The van der Waals surface area contributed by atoms with Gasteiger partial charge in [-0.25, -0.2) is 0 Å². The second kappa shape index (κ2) is 19.5. The zero-order valence-electron chi connectivity index (χ0n) is 30.0. The van der Waals surface area contributed by atoms with Crippen LogP contribution in [0.25, 0.3) is 0 Å². The highest BCUT2D eigenvalue weighted by Crippen LogP contribution is 2.35. The third-order valence-corrected chi connectivity index (χ3v) is 9.89. The van der Waals surface area contributed by atoms with Gasteiger partial charge in [-0.2, -0.15) is 0 Å². The minimum atomic E-state index is -2.08. The van der Waals surface area contributed by atoms with Gasteiger partial charge in [0.05, 0.1) is 31.4 Å². The normalized spacial score (nSPS) is 43.9. The van der Waals surface area contributed by atoms with Crippen molar-refractivity contribution in [3.8, 4) is 5.75 Å². The molecular weight excluding hydrogens is 780 g/mol. The number of hydrogen-bond donors (Lipinski definition) is 13. The van der Waals surface area contributed by atoms with Crippen molar-refractivity contribution in [2.45, 2.75) is 130 Å². The van der Waals surface area contributed by atoms with E-state index in [2.05, 4.69) is 5.32 Å². The molecule has 0 spiro atoms. The number of benzene rings is 1. The quantitative estimate of drug-likeness (QED) is 0.0612. The summed E-state index contributed by atoms with van der Waals surface area (Å²) in [5.74, 6) is -0.712. The summed E-state index contributed by atoms with van der Waals surface area (Å²) in [6.07, 6.45) is -33.9. The van der Waals surface area contributed by atoms with Gasteiger partial charge in [0.1, 0.15) is 103 Å². The Kier molecular flexibility index (Phi) is 15.4. The lowest BCUT2D eigenvalue weighted by Gasteiger charge is -2.49. The Balaban J connectivity index is 1.27. The third-order valence-electron chi connectivity index (χ3n) is 9.89. The van der Waals surface area contributed by atoms with Crippen molar-refractivity contribution in [2.75, 3.05) is 26.4 Å². The average Bonchev–Trinajstić information content (AvgIpc) is 3.19. The zero-order valence-corrected chi connectivity index (χ0v) is 30.0. The number of non-ortho nitro benzene ring substituents is 1. The first-order chi connectivity index (χ1) is 27.0. The molecule has 4 aliphatic rings.